The van der Waals surface area contributed by atoms with Gasteiger partial charge < -0.3 is 0 Å². The van der Waals surface area contributed by atoms with Crippen LogP contribution in [0.15, 0.2) is 28.7 Å². The average Bonchev–Trinajstić information content (AvgIpc) is 2.30. The largest absolute Gasteiger partial charge is 0.294 e. The van der Waals surface area contributed by atoms with Crippen LogP contribution in [0, 0.1) is 0 Å². The SMILES string of the molecule is CONC(=O)CCCC(=O)c1ccc(Br)cc1. The first-order valence-electron chi connectivity index (χ1n) is 5.24. The van der Waals surface area contributed by atoms with E-state index < -0.39 is 0 Å². The summed E-state index contributed by atoms with van der Waals surface area (Å²) < 4.78 is 0.938. The van der Waals surface area contributed by atoms with E-state index in [9.17, 15) is 9.59 Å². The lowest BCUT2D eigenvalue weighted by Crippen LogP contribution is -2.21. The Morgan fingerprint density at radius 3 is 2.47 bits per heavy atom. The van der Waals surface area contributed by atoms with Crippen LogP contribution in [0.5, 0.6) is 0 Å². The quantitative estimate of drug-likeness (QED) is 0.648. The summed E-state index contributed by atoms with van der Waals surface area (Å²) in [5.74, 6) is -0.168. The van der Waals surface area contributed by atoms with Crippen LogP contribution >= 0.6 is 15.9 Å². The van der Waals surface area contributed by atoms with Crippen molar-refractivity contribution in [3.63, 3.8) is 0 Å². The summed E-state index contributed by atoms with van der Waals surface area (Å²) >= 11 is 3.31. The van der Waals surface area contributed by atoms with Gasteiger partial charge in [-0.15, -0.1) is 0 Å². The number of carbonyl (C=O) groups is 2. The van der Waals surface area contributed by atoms with E-state index in [1.165, 1.54) is 7.11 Å². The molecule has 1 aromatic rings. The molecule has 0 saturated carbocycles. The Balaban J connectivity index is 2.35. The highest BCUT2D eigenvalue weighted by Gasteiger charge is 2.07. The number of benzene rings is 1. The van der Waals surface area contributed by atoms with Gasteiger partial charge in [0.15, 0.2) is 5.78 Å². The van der Waals surface area contributed by atoms with E-state index in [0.717, 1.165) is 4.47 Å². The van der Waals surface area contributed by atoms with Crippen LogP contribution in [0.2, 0.25) is 0 Å². The van der Waals surface area contributed by atoms with Crippen molar-refractivity contribution in [2.45, 2.75) is 19.3 Å². The van der Waals surface area contributed by atoms with Crippen LogP contribution in [0.3, 0.4) is 0 Å². The fraction of sp³-hybridized carbons (Fsp3) is 0.333. The van der Waals surface area contributed by atoms with Crippen LogP contribution in [-0.2, 0) is 9.63 Å². The predicted octanol–water partition coefficient (Wildman–Crippen LogP) is 2.48. The van der Waals surface area contributed by atoms with E-state index in [1.807, 2.05) is 12.1 Å². The molecule has 0 heterocycles. The molecule has 92 valence electrons. The molecule has 1 rings (SSSR count). The molecule has 0 atom stereocenters. The first kappa shape index (κ1) is 13.9. The van der Waals surface area contributed by atoms with Crippen LogP contribution < -0.4 is 5.48 Å². The number of hydrogen-bond acceptors (Lipinski definition) is 3. The summed E-state index contributed by atoms with van der Waals surface area (Å²) in [5, 5.41) is 0. The Labute approximate surface area is 108 Å². The highest BCUT2D eigenvalue weighted by molar-refractivity contribution is 9.10. The molecule has 0 aliphatic carbocycles. The molecule has 4 nitrogen and oxygen atoms in total. The van der Waals surface area contributed by atoms with Gasteiger partial charge in [0.05, 0.1) is 7.11 Å². The molecule has 1 N–H and O–H groups in total. The summed E-state index contributed by atoms with van der Waals surface area (Å²) in [6.07, 6.45) is 1.17. The lowest BCUT2D eigenvalue weighted by atomic mass is 10.1. The molecule has 0 saturated heterocycles. The van der Waals surface area contributed by atoms with E-state index in [0.29, 0.717) is 18.4 Å². The lowest BCUT2D eigenvalue weighted by molar-refractivity contribution is -0.131. The Hall–Kier alpha value is -1.20. The van der Waals surface area contributed by atoms with Crippen molar-refractivity contribution in [2.24, 2.45) is 0 Å². The Bertz CT molecular complexity index is 389. The lowest BCUT2D eigenvalue weighted by Gasteiger charge is -2.02. The van der Waals surface area contributed by atoms with E-state index in [4.69, 9.17) is 0 Å². The van der Waals surface area contributed by atoms with Gasteiger partial charge in [-0.2, -0.15) is 0 Å². The standard InChI is InChI=1S/C12H14BrNO3/c1-17-14-12(16)4-2-3-11(15)9-5-7-10(13)8-6-9/h5-8H,2-4H2,1H3,(H,14,16). The Kier molecular flexibility index (Phi) is 5.86. The molecule has 1 amide bonds. The van der Waals surface area contributed by atoms with Crippen molar-refractivity contribution < 1.29 is 14.4 Å². The average molecular weight is 300 g/mol. The molecule has 0 spiro atoms. The molecule has 0 aliphatic heterocycles. The molecule has 17 heavy (non-hydrogen) atoms. The maximum Gasteiger partial charge on any atom is 0.243 e. The minimum Gasteiger partial charge on any atom is -0.294 e. The molecule has 5 heteroatoms. The van der Waals surface area contributed by atoms with Crippen molar-refractivity contribution in [3.05, 3.63) is 34.3 Å². The third-order valence-corrected chi connectivity index (χ3v) is 2.72. The number of hydrogen-bond donors (Lipinski definition) is 1. The Morgan fingerprint density at radius 2 is 1.88 bits per heavy atom. The first-order valence-corrected chi connectivity index (χ1v) is 6.03. The van der Waals surface area contributed by atoms with Gasteiger partial charge in [0.1, 0.15) is 0 Å². The van der Waals surface area contributed by atoms with Gasteiger partial charge in [-0.3, -0.25) is 14.4 Å². The van der Waals surface area contributed by atoms with Crippen molar-refractivity contribution >= 4 is 27.6 Å². The second kappa shape index (κ2) is 7.19. The number of rotatable bonds is 6. The molecular formula is C12H14BrNO3. The first-order chi connectivity index (χ1) is 8.13. The second-order valence-corrected chi connectivity index (χ2v) is 4.43. The zero-order valence-corrected chi connectivity index (χ0v) is 11.1. The fourth-order valence-electron chi connectivity index (χ4n) is 1.35. The van der Waals surface area contributed by atoms with Gasteiger partial charge in [-0.25, -0.2) is 5.48 Å². The number of ketones is 1. The molecule has 0 aromatic heterocycles. The maximum atomic E-state index is 11.7. The zero-order valence-electron chi connectivity index (χ0n) is 9.53. The van der Waals surface area contributed by atoms with E-state index in [-0.39, 0.29) is 18.1 Å². The highest BCUT2D eigenvalue weighted by Crippen LogP contribution is 2.13. The maximum absolute atomic E-state index is 11.7. The zero-order chi connectivity index (χ0) is 12.7. The fourth-order valence-corrected chi connectivity index (χ4v) is 1.62. The summed E-state index contributed by atoms with van der Waals surface area (Å²) in [6, 6.07) is 7.18. The van der Waals surface area contributed by atoms with Crippen molar-refractivity contribution in [1.29, 1.82) is 0 Å². The third-order valence-electron chi connectivity index (χ3n) is 2.19. The van der Waals surface area contributed by atoms with Crippen molar-refractivity contribution in [1.82, 2.24) is 5.48 Å². The smallest absolute Gasteiger partial charge is 0.243 e. The summed E-state index contributed by atoms with van der Waals surface area (Å²) in [5.41, 5.74) is 2.88. The van der Waals surface area contributed by atoms with Crippen molar-refractivity contribution in [2.75, 3.05) is 7.11 Å². The monoisotopic (exact) mass is 299 g/mol. The van der Waals surface area contributed by atoms with Crippen molar-refractivity contribution in [3.8, 4) is 0 Å². The number of amides is 1. The minimum atomic E-state index is -0.212. The van der Waals surface area contributed by atoms with E-state index in [1.54, 1.807) is 12.1 Å². The molecule has 0 aliphatic rings. The molecular weight excluding hydrogens is 286 g/mol. The number of hydroxylamine groups is 1. The molecule has 0 bridgehead atoms. The van der Waals surface area contributed by atoms with Crippen LogP contribution in [-0.4, -0.2) is 18.8 Å². The summed E-state index contributed by atoms with van der Waals surface area (Å²) in [4.78, 5) is 27.2. The van der Waals surface area contributed by atoms with E-state index >= 15 is 0 Å². The summed E-state index contributed by atoms with van der Waals surface area (Å²) in [7, 11) is 1.38. The van der Waals surface area contributed by atoms with Crippen LogP contribution in [0.25, 0.3) is 0 Å². The van der Waals surface area contributed by atoms with Crippen LogP contribution in [0.4, 0.5) is 0 Å². The molecule has 1 aromatic carbocycles. The molecule has 0 unspecified atom stereocenters. The number of Topliss-reactive ketones (excluding diaryl/α,β-unsaturated/α-hetero) is 1. The van der Waals surface area contributed by atoms with Crippen LogP contribution in [0.1, 0.15) is 29.6 Å². The number of nitrogens with one attached hydrogen (secondary N) is 1. The van der Waals surface area contributed by atoms with Gasteiger partial charge in [-0.05, 0) is 18.6 Å². The minimum absolute atomic E-state index is 0.0442. The topological polar surface area (TPSA) is 55.4 Å². The number of halogens is 1. The van der Waals surface area contributed by atoms with E-state index in [2.05, 4.69) is 26.2 Å². The summed E-state index contributed by atoms with van der Waals surface area (Å²) in [6.45, 7) is 0. The predicted molar refractivity (Wildman–Crippen MR) is 67.5 cm³/mol. The Morgan fingerprint density at radius 1 is 1.24 bits per heavy atom. The highest BCUT2D eigenvalue weighted by atomic mass is 79.9. The van der Waals surface area contributed by atoms with Gasteiger partial charge in [0.25, 0.3) is 0 Å². The van der Waals surface area contributed by atoms with Gasteiger partial charge >= 0.3 is 0 Å². The molecule has 0 radical (unpaired) electrons. The van der Waals surface area contributed by atoms with Gasteiger partial charge in [-0.1, -0.05) is 28.1 Å². The third kappa shape index (κ3) is 5.10. The second-order valence-electron chi connectivity index (χ2n) is 3.51. The number of carbonyl (C=O) groups excluding carboxylic acids is 2. The van der Waals surface area contributed by atoms with Gasteiger partial charge in [0.2, 0.25) is 5.91 Å². The normalized spacial score (nSPS) is 10.0. The molecule has 0 fully saturated rings. The van der Waals surface area contributed by atoms with Gasteiger partial charge in [0, 0.05) is 22.9 Å².